The van der Waals surface area contributed by atoms with Crippen LogP contribution in [-0.4, -0.2) is 52.4 Å². The molecule has 0 aliphatic heterocycles. The first-order valence-corrected chi connectivity index (χ1v) is 8.97. The van der Waals surface area contributed by atoms with Gasteiger partial charge in [0.2, 0.25) is 5.91 Å². The normalized spacial score (nSPS) is 11.6. The first kappa shape index (κ1) is 19.4. The average Bonchev–Trinajstić information content (AvgIpc) is 2.49. The summed E-state index contributed by atoms with van der Waals surface area (Å²) in [6, 6.07) is 5.79. The molecule has 1 rings (SSSR count). The molecule has 0 aromatic heterocycles. The van der Waals surface area contributed by atoms with Crippen LogP contribution >= 0.6 is 0 Å². The molecule has 0 aliphatic carbocycles. The Morgan fingerprint density at radius 3 is 2.26 bits per heavy atom. The van der Waals surface area contributed by atoms with E-state index in [1.54, 1.807) is 0 Å². The van der Waals surface area contributed by atoms with E-state index in [0.29, 0.717) is 5.69 Å². The summed E-state index contributed by atoms with van der Waals surface area (Å²) in [5, 5.41) is 2.72. The maximum Gasteiger partial charge on any atom is 0.279 e. The molecule has 0 saturated carbocycles. The van der Waals surface area contributed by atoms with Gasteiger partial charge in [0.15, 0.2) is 0 Å². The average molecular weight is 342 g/mol. The maximum atomic E-state index is 11.9. The van der Waals surface area contributed by atoms with E-state index >= 15 is 0 Å². The van der Waals surface area contributed by atoms with Crippen molar-refractivity contribution in [3.63, 3.8) is 0 Å². The van der Waals surface area contributed by atoms with Crippen LogP contribution in [0.5, 0.6) is 0 Å². The van der Waals surface area contributed by atoms with Crippen molar-refractivity contribution in [2.75, 3.05) is 43.9 Å². The number of benzene rings is 1. The number of nitrogens with zero attached hydrogens (tertiary/aromatic N) is 2. The monoisotopic (exact) mass is 342 g/mol. The molecule has 0 aliphatic rings. The van der Waals surface area contributed by atoms with Crippen molar-refractivity contribution in [1.29, 1.82) is 0 Å². The highest BCUT2D eigenvalue weighted by atomic mass is 32.2. The van der Waals surface area contributed by atoms with Gasteiger partial charge in [-0.3, -0.25) is 4.79 Å². The van der Waals surface area contributed by atoms with E-state index in [4.69, 9.17) is 0 Å². The molecular formula is C15H26N4O3S. The highest BCUT2D eigenvalue weighted by Gasteiger charge is 2.15. The molecule has 130 valence electrons. The number of aryl methyl sites for hydroxylation is 1. The molecule has 0 unspecified atom stereocenters. The molecule has 1 aromatic carbocycles. The van der Waals surface area contributed by atoms with Crippen LogP contribution in [0.1, 0.15) is 19.4 Å². The van der Waals surface area contributed by atoms with Crippen LogP contribution < -0.4 is 14.9 Å². The van der Waals surface area contributed by atoms with E-state index in [1.165, 1.54) is 14.1 Å². The zero-order valence-corrected chi connectivity index (χ0v) is 15.2. The van der Waals surface area contributed by atoms with Crippen LogP contribution in [-0.2, 0) is 15.0 Å². The van der Waals surface area contributed by atoms with Crippen LogP contribution in [0.2, 0.25) is 0 Å². The molecule has 0 bridgehead atoms. The molecule has 1 amide bonds. The van der Waals surface area contributed by atoms with Crippen molar-refractivity contribution < 1.29 is 13.2 Å². The fourth-order valence-electron chi connectivity index (χ4n) is 2.05. The van der Waals surface area contributed by atoms with Crippen molar-refractivity contribution in [1.82, 2.24) is 9.03 Å². The zero-order chi connectivity index (χ0) is 17.6. The van der Waals surface area contributed by atoms with Gasteiger partial charge >= 0.3 is 0 Å². The molecule has 0 radical (unpaired) electrons. The van der Waals surface area contributed by atoms with E-state index < -0.39 is 16.1 Å². The van der Waals surface area contributed by atoms with Gasteiger partial charge in [0.1, 0.15) is 0 Å². The molecule has 1 aromatic rings. The summed E-state index contributed by atoms with van der Waals surface area (Å²) in [7, 11) is -0.806. The summed E-state index contributed by atoms with van der Waals surface area (Å²) in [6.45, 7) is 7.60. The third kappa shape index (κ3) is 5.49. The number of amides is 1. The van der Waals surface area contributed by atoms with Crippen LogP contribution in [0.4, 0.5) is 11.4 Å². The largest absolute Gasteiger partial charge is 0.372 e. The summed E-state index contributed by atoms with van der Waals surface area (Å²) < 4.78 is 26.4. The summed E-state index contributed by atoms with van der Waals surface area (Å²) in [5.41, 5.74) is 2.70. The van der Waals surface area contributed by atoms with E-state index in [1.807, 2.05) is 25.1 Å². The highest BCUT2D eigenvalue weighted by molar-refractivity contribution is 7.87. The number of anilines is 2. The summed E-state index contributed by atoms with van der Waals surface area (Å²) in [5.74, 6) is -0.408. The first-order chi connectivity index (χ1) is 10.7. The van der Waals surface area contributed by atoms with E-state index in [9.17, 15) is 13.2 Å². The van der Waals surface area contributed by atoms with Crippen molar-refractivity contribution in [2.24, 2.45) is 0 Å². The molecule has 2 N–H and O–H groups in total. The van der Waals surface area contributed by atoms with Gasteiger partial charge in [0, 0.05) is 38.6 Å². The van der Waals surface area contributed by atoms with E-state index in [0.717, 1.165) is 28.6 Å². The fraction of sp³-hybridized carbons (Fsp3) is 0.533. The molecule has 0 fully saturated rings. The van der Waals surface area contributed by atoms with Crippen LogP contribution in [0, 0.1) is 6.92 Å². The Balaban J connectivity index is 2.72. The Morgan fingerprint density at radius 1 is 1.17 bits per heavy atom. The Bertz CT molecular complexity index is 640. The second kappa shape index (κ2) is 8.28. The Labute approximate surface area is 138 Å². The van der Waals surface area contributed by atoms with E-state index in [2.05, 4.69) is 28.8 Å². The second-order valence-corrected chi connectivity index (χ2v) is 7.30. The molecular weight excluding hydrogens is 316 g/mol. The number of hydrogen-bond acceptors (Lipinski definition) is 4. The van der Waals surface area contributed by atoms with Crippen molar-refractivity contribution in [3.8, 4) is 0 Å². The minimum Gasteiger partial charge on any atom is -0.372 e. The summed E-state index contributed by atoms with van der Waals surface area (Å²) in [4.78, 5) is 14.1. The Morgan fingerprint density at radius 2 is 1.78 bits per heavy atom. The van der Waals surface area contributed by atoms with Gasteiger partial charge in [-0.05, 0) is 44.5 Å². The van der Waals surface area contributed by atoms with Crippen molar-refractivity contribution in [3.05, 3.63) is 23.8 Å². The SMILES string of the molecule is CCN(CC)c1ccc(NC(=O)CNS(=O)(=O)N(C)C)c(C)c1. The zero-order valence-electron chi connectivity index (χ0n) is 14.4. The van der Waals surface area contributed by atoms with Crippen LogP contribution in [0.25, 0.3) is 0 Å². The van der Waals surface area contributed by atoms with Crippen LogP contribution in [0.15, 0.2) is 18.2 Å². The lowest BCUT2D eigenvalue weighted by molar-refractivity contribution is -0.115. The minimum atomic E-state index is -3.60. The van der Waals surface area contributed by atoms with Gasteiger partial charge < -0.3 is 10.2 Å². The number of rotatable bonds is 8. The number of carbonyl (C=O) groups excluding carboxylic acids is 1. The molecule has 0 heterocycles. The van der Waals surface area contributed by atoms with Crippen molar-refractivity contribution >= 4 is 27.5 Å². The highest BCUT2D eigenvalue weighted by Crippen LogP contribution is 2.22. The molecule has 0 spiro atoms. The number of carbonyl (C=O) groups is 1. The lowest BCUT2D eigenvalue weighted by Gasteiger charge is -2.22. The number of hydrogen-bond donors (Lipinski definition) is 2. The maximum absolute atomic E-state index is 11.9. The Kier molecular flexibility index (Phi) is 6.99. The number of nitrogens with one attached hydrogen (secondary N) is 2. The van der Waals surface area contributed by atoms with Gasteiger partial charge in [-0.15, -0.1) is 0 Å². The first-order valence-electron chi connectivity index (χ1n) is 7.53. The molecule has 8 heteroatoms. The van der Waals surface area contributed by atoms with Gasteiger partial charge in [0.25, 0.3) is 10.2 Å². The standard InChI is InChI=1S/C15H26N4O3S/c1-6-19(7-2)13-8-9-14(12(3)10-13)17-15(20)11-16-23(21,22)18(4)5/h8-10,16H,6-7,11H2,1-5H3,(H,17,20). The summed E-state index contributed by atoms with van der Waals surface area (Å²) in [6.07, 6.45) is 0. The molecule has 23 heavy (non-hydrogen) atoms. The third-order valence-electron chi connectivity index (χ3n) is 3.51. The van der Waals surface area contributed by atoms with Gasteiger partial charge in [-0.25, -0.2) is 0 Å². The predicted octanol–water partition coefficient (Wildman–Crippen LogP) is 1.18. The van der Waals surface area contributed by atoms with Crippen molar-refractivity contribution in [2.45, 2.75) is 20.8 Å². The van der Waals surface area contributed by atoms with Gasteiger partial charge in [-0.2, -0.15) is 17.4 Å². The molecule has 7 nitrogen and oxygen atoms in total. The third-order valence-corrected chi connectivity index (χ3v) is 4.98. The quantitative estimate of drug-likeness (QED) is 0.743. The molecule has 0 saturated heterocycles. The van der Waals surface area contributed by atoms with E-state index in [-0.39, 0.29) is 6.54 Å². The summed E-state index contributed by atoms with van der Waals surface area (Å²) >= 11 is 0. The Hall–Kier alpha value is -1.64. The lowest BCUT2D eigenvalue weighted by Crippen LogP contribution is -2.40. The smallest absolute Gasteiger partial charge is 0.279 e. The van der Waals surface area contributed by atoms with Gasteiger partial charge in [0.05, 0.1) is 6.54 Å². The van der Waals surface area contributed by atoms with Crippen LogP contribution in [0.3, 0.4) is 0 Å². The second-order valence-electron chi connectivity index (χ2n) is 5.33. The lowest BCUT2D eigenvalue weighted by atomic mass is 10.1. The topological polar surface area (TPSA) is 81.8 Å². The minimum absolute atomic E-state index is 0.308. The predicted molar refractivity (Wildman–Crippen MR) is 94.0 cm³/mol. The fourth-order valence-corrected chi connectivity index (χ4v) is 2.63. The molecule has 0 atom stereocenters. The van der Waals surface area contributed by atoms with Gasteiger partial charge in [-0.1, -0.05) is 0 Å².